The number of carbonyl (C=O) groups excluding carboxylic acids is 1. The standard InChI is InChI=1S/C31H37ClN4O/c32-26-11-13-28(14-12-26)36-30(24-15-18-34(19-16-24)27-9-5-2-6-10-27)29(21-33-36)31(37)35-20-17-25(22-35)23-7-3-1-4-8-23/h1,3-4,7-8,11-14,21,24-25,27H,2,5-6,9-10,15-20,22H2. The summed E-state index contributed by atoms with van der Waals surface area (Å²) in [6, 6.07) is 19.2. The maximum atomic E-state index is 13.9. The second-order valence-corrected chi connectivity index (χ2v) is 11.5. The highest BCUT2D eigenvalue weighted by molar-refractivity contribution is 6.30. The van der Waals surface area contributed by atoms with Crippen molar-refractivity contribution in [1.82, 2.24) is 19.6 Å². The first-order valence-corrected chi connectivity index (χ1v) is 14.5. The fourth-order valence-electron chi connectivity index (χ4n) is 6.80. The van der Waals surface area contributed by atoms with Crippen molar-refractivity contribution in [1.29, 1.82) is 0 Å². The molecule has 6 rings (SSSR count). The Morgan fingerprint density at radius 3 is 2.24 bits per heavy atom. The van der Waals surface area contributed by atoms with Crippen molar-refractivity contribution in [2.45, 2.75) is 69.2 Å². The molecule has 0 radical (unpaired) electrons. The first kappa shape index (κ1) is 24.7. The molecule has 1 amide bonds. The van der Waals surface area contributed by atoms with Gasteiger partial charge in [-0.25, -0.2) is 4.68 Å². The molecule has 1 saturated carbocycles. The second-order valence-electron chi connectivity index (χ2n) is 11.1. The highest BCUT2D eigenvalue weighted by Crippen LogP contribution is 2.36. The van der Waals surface area contributed by atoms with Crippen LogP contribution in [0.2, 0.25) is 5.02 Å². The number of nitrogens with zero attached hydrogens (tertiary/aromatic N) is 4. The summed E-state index contributed by atoms with van der Waals surface area (Å²) in [6.07, 6.45) is 11.8. The number of hydrogen-bond acceptors (Lipinski definition) is 3. The molecular formula is C31H37ClN4O. The minimum Gasteiger partial charge on any atom is -0.338 e. The van der Waals surface area contributed by atoms with Gasteiger partial charge in [0.1, 0.15) is 0 Å². The summed E-state index contributed by atoms with van der Waals surface area (Å²) >= 11 is 6.19. The van der Waals surface area contributed by atoms with E-state index in [0.717, 1.165) is 68.4 Å². The lowest BCUT2D eigenvalue weighted by Crippen LogP contribution is -2.42. The van der Waals surface area contributed by atoms with Gasteiger partial charge in [-0.3, -0.25) is 4.79 Å². The minimum atomic E-state index is 0.128. The van der Waals surface area contributed by atoms with Crippen molar-refractivity contribution in [2.24, 2.45) is 0 Å². The normalized spacial score (nSPS) is 22.0. The van der Waals surface area contributed by atoms with Crippen LogP contribution in [-0.2, 0) is 0 Å². The lowest BCUT2D eigenvalue weighted by atomic mass is 9.87. The molecular weight excluding hydrogens is 480 g/mol. The average Bonchev–Trinajstić information content (AvgIpc) is 3.63. The van der Waals surface area contributed by atoms with Crippen molar-refractivity contribution < 1.29 is 4.79 Å². The number of halogens is 1. The van der Waals surface area contributed by atoms with Crippen LogP contribution in [0.25, 0.3) is 5.69 Å². The topological polar surface area (TPSA) is 41.4 Å². The zero-order valence-corrected chi connectivity index (χ0v) is 22.3. The van der Waals surface area contributed by atoms with E-state index in [9.17, 15) is 4.79 Å². The summed E-state index contributed by atoms with van der Waals surface area (Å²) in [6.45, 7) is 3.78. The zero-order chi connectivity index (χ0) is 25.2. The van der Waals surface area contributed by atoms with E-state index in [-0.39, 0.29) is 5.91 Å². The van der Waals surface area contributed by atoms with Crippen molar-refractivity contribution >= 4 is 17.5 Å². The smallest absolute Gasteiger partial charge is 0.257 e. The van der Waals surface area contributed by atoms with Gasteiger partial charge < -0.3 is 9.80 Å². The van der Waals surface area contributed by atoms with Gasteiger partial charge in [-0.05, 0) is 75.0 Å². The SMILES string of the molecule is O=C(c1cnn(-c2ccc(Cl)cc2)c1C1CCN(C2CCCCC2)CC1)N1CCC(c2ccccc2)C1. The van der Waals surface area contributed by atoms with E-state index in [0.29, 0.717) is 16.9 Å². The van der Waals surface area contributed by atoms with Gasteiger partial charge in [0.2, 0.25) is 0 Å². The van der Waals surface area contributed by atoms with E-state index in [2.05, 4.69) is 35.2 Å². The Hall–Kier alpha value is -2.63. The molecule has 3 aliphatic rings. The quantitative estimate of drug-likeness (QED) is 0.380. The van der Waals surface area contributed by atoms with E-state index in [1.807, 2.05) is 40.0 Å². The molecule has 1 aromatic heterocycles. The largest absolute Gasteiger partial charge is 0.338 e. The molecule has 2 aliphatic heterocycles. The summed E-state index contributed by atoms with van der Waals surface area (Å²) in [4.78, 5) is 18.7. The number of rotatable bonds is 5. The molecule has 194 valence electrons. The van der Waals surface area contributed by atoms with E-state index in [1.165, 1.54) is 37.7 Å². The third-order valence-electron chi connectivity index (χ3n) is 8.86. The van der Waals surface area contributed by atoms with Crippen LogP contribution in [0.5, 0.6) is 0 Å². The molecule has 5 nitrogen and oxygen atoms in total. The zero-order valence-electron chi connectivity index (χ0n) is 21.6. The molecule has 3 fully saturated rings. The van der Waals surface area contributed by atoms with Gasteiger partial charge in [-0.1, -0.05) is 61.2 Å². The lowest BCUT2D eigenvalue weighted by molar-refractivity contribution is 0.0786. The van der Waals surface area contributed by atoms with Gasteiger partial charge in [0, 0.05) is 36.0 Å². The average molecular weight is 517 g/mol. The minimum absolute atomic E-state index is 0.128. The van der Waals surface area contributed by atoms with Crippen molar-refractivity contribution in [3.63, 3.8) is 0 Å². The van der Waals surface area contributed by atoms with Crippen molar-refractivity contribution in [2.75, 3.05) is 26.2 Å². The molecule has 1 aliphatic carbocycles. The van der Waals surface area contributed by atoms with Crippen LogP contribution in [0, 0.1) is 0 Å². The van der Waals surface area contributed by atoms with Crippen LogP contribution in [0.1, 0.15) is 84.8 Å². The van der Waals surface area contributed by atoms with Gasteiger partial charge in [0.25, 0.3) is 5.91 Å². The molecule has 0 N–H and O–H groups in total. The van der Waals surface area contributed by atoms with Crippen LogP contribution in [-0.4, -0.2) is 57.7 Å². The summed E-state index contributed by atoms with van der Waals surface area (Å²) in [7, 11) is 0. The lowest BCUT2D eigenvalue weighted by Gasteiger charge is -2.39. The number of amides is 1. The van der Waals surface area contributed by atoms with Crippen LogP contribution in [0.4, 0.5) is 0 Å². The summed E-state index contributed by atoms with van der Waals surface area (Å²) in [5.74, 6) is 0.853. The number of aromatic nitrogens is 2. The van der Waals surface area contributed by atoms with Gasteiger partial charge >= 0.3 is 0 Å². The van der Waals surface area contributed by atoms with E-state index < -0.39 is 0 Å². The third-order valence-corrected chi connectivity index (χ3v) is 9.11. The maximum absolute atomic E-state index is 13.9. The summed E-state index contributed by atoms with van der Waals surface area (Å²) in [5.41, 5.74) is 4.15. The van der Waals surface area contributed by atoms with Gasteiger partial charge in [-0.15, -0.1) is 0 Å². The fraction of sp³-hybridized carbons (Fsp3) is 0.484. The van der Waals surface area contributed by atoms with Gasteiger partial charge in [0.15, 0.2) is 0 Å². The van der Waals surface area contributed by atoms with E-state index >= 15 is 0 Å². The molecule has 2 aromatic carbocycles. The van der Waals surface area contributed by atoms with Gasteiger partial charge in [-0.2, -0.15) is 5.10 Å². The molecule has 0 spiro atoms. The predicted molar refractivity (Wildman–Crippen MR) is 149 cm³/mol. The Labute approximate surface area is 225 Å². The summed E-state index contributed by atoms with van der Waals surface area (Å²) in [5, 5.41) is 5.49. The van der Waals surface area contributed by atoms with Crippen LogP contribution in [0.15, 0.2) is 60.8 Å². The van der Waals surface area contributed by atoms with Crippen LogP contribution < -0.4 is 0 Å². The van der Waals surface area contributed by atoms with Gasteiger partial charge in [0.05, 0.1) is 23.1 Å². The Morgan fingerprint density at radius 2 is 1.51 bits per heavy atom. The van der Waals surface area contributed by atoms with E-state index in [4.69, 9.17) is 16.7 Å². The third kappa shape index (κ3) is 5.21. The van der Waals surface area contributed by atoms with E-state index in [1.54, 1.807) is 0 Å². The van der Waals surface area contributed by atoms with Crippen LogP contribution in [0.3, 0.4) is 0 Å². The molecule has 2 saturated heterocycles. The molecule has 0 bridgehead atoms. The Morgan fingerprint density at radius 1 is 0.811 bits per heavy atom. The molecule has 1 unspecified atom stereocenters. The predicted octanol–water partition coefficient (Wildman–Crippen LogP) is 6.67. The first-order valence-electron chi connectivity index (χ1n) is 14.1. The molecule has 1 atom stereocenters. The van der Waals surface area contributed by atoms with Crippen molar-refractivity contribution in [3.05, 3.63) is 82.6 Å². The van der Waals surface area contributed by atoms with Crippen molar-refractivity contribution in [3.8, 4) is 5.69 Å². The Balaban J connectivity index is 1.25. The fourth-order valence-corrected chi connectivity index (χ4v) is 6.93. The molecule has 3 heterocycles. The van der Waals surface area contributed by atoms with Crippen LogP contribution >= 0.6 is 11.6 Å². The highest BCUT2D eigenvalue weighted by atomic mass is 35.5. The maximum Gasteiger partial charge on any atom is 0.257 e. The summed E-state index contributed by atoms with van der Waals surface area (Å²) < 4.78 is 2.01. The molecule has 3 aromatic rings. The number of hydrogen-bond donors (Lipinski definition) is 0. The Bertz CT molecular complexity index is 1190. The Kier molecular flexibility index (Phi) is 7.34. The number of carbonyl (C=O) groups is 1. The second kappa shape index (κ2) is 11.0. The molecule has 37 heavy (non-hydrogen) atoms. The monoisotopic (exact) mass is 516 g/mol. The number of likely N-dealkylation sites (tertiary alicyclic amines) is 2. The number of piperidine rings is 1. The number of benzene rings is 2. The molecule has 6 heteroatoms. The first-order chi connectivity index (χ1) is 18.2. The highest BCUT2D eigenvalue weighted by Gasteiger charge is 2.35.